The van der Waals surface area contributed by atoms with Gasteiger partial charge in [-0.05, 0) is 31.5 Å². The number of para-hydroxylation sites is 1. The molecule has 2 N–H and O–H groups in total. The van der Waals surface area contributed by atoms with Crippen molar-refractivity contribution in [3.63, 3.8) is 0 Å². The number of carbonyl (C=O) groups excluding carboxylic acids is 2. The van der Waals surface area contributed by atoms with Gasteiger partial charge in [0, 0.05) is 20.6 Å². The second kappa shape index (κ2) is 6.26. The molecular formula is C16H23N3O2. The van der Waals surface area contributed by atoms with Crippen LogP contribution in [0.25, 0.3) is 0 Å². The Labute approximate surface area is 125 Å². The predicted molar refractivity (Wildman–Crippen MR) is 83.3 cm³/mol. The summed E-state index contributed by atoms with van der Waals surface area (Å²) in [5.41, 5.74) is 0.739. The third-order valence-corrected chi connectivity index (χ3v) is 4.21. The molecule has 5 heteroatoms. The average molecular weight is 289 g/mol. The van der Waals surface area contributed by atoms with Gasteiger partial charge in [-0.2, -0.15) is 0 Å². The molecule has 1 fully saturated rings. The van der Waals surface area contributed by atoms with Crippen molar-refractivity contribution in [3.8, 4) is 0 Å². The zero-order chi connectivity index (χ0) is 15.5. The normalized spacial score (nSPS) is 21.1. The highest BCUT2D eigenvalue weighted by Crippen LogP contribution is 2.31. The Morgan fingerprint density at radius 2 is 2.05 bits per heavy atom. The zero-order valence-electron chi connectivity index (χ0n) is 12.9. The van der Waals surface area contributed by atoms with Crippen LogP contribution in [-0.2, 0) is 4.79 Å². The minimum Gasteiger partial charge on any atom is -0.345 e. The fourth-order valence-electron chi connectivity index (χ4n) is 2.67. The molecule has 1 heterocycles. The van der Waals surface area contributed by atoms with Crippen molar-refractivity contribution >= 4 is 17.5 Å². The lowest BCUT2D eigenvalue weighted by Crippen LogP contribution is -2.38. The molecule has 1 aromatic rings. The maximum atomic E-state index is 12.6. The molecule has 1 unspecified atom stereocenters. The standard InChI is InChI=1S/C16H23N3O2/c1-4-16(9-10-17-11-16)15(21)18-13-8-6-5-7-12(13)14(20)19(2)3/h5-8,17H,4,9-11H2,1-3H3,(H,18,21). The molecule has 0 spiro atoms. The molecular weight excluding hydrogens is 266 g/mol. The van der Waals surface area contributed by atoms with E-state index >= 15 is 0 Å². The van der Waals surface area contributed by atoms with Crippen molar-refractivity contribution < 1.29 is 9.59 Å². The molecule has 0 saturated carbocycles. The van der Waals surface area contributed by atoms with Crippen molar-refractivity contribution in [3.05, 3.63) is 29.8 Å². The van der Waals surface area contributed by atoms with Crippen LogP contribution in [0, 0.1) is 5.41 Å². The first-order valence-corrected chi connectivity index (χ1v) is 7.33. The van der Waals surface area contributed by atoms with Gasteiger partial charge in [0.25, 0.3) is 5.91 Å². The van der Waals surface area contributed by atoms with Gasteiger partial charge >= 0.3 is 0 Å². The van der Waals surface area contributed by atoms with Gasteiger partial charge < -0.3 is 15.5 Å². The molecule has 0 aromatic heterocycles. The van der Waals surface area contributed by atoms with Gasteiger partial charge in [-0.1, -0.05) is 19.1 Å². The molecule has 1 aliphatic heterocycles. The van der Waals surface area contributed by atoms with Crippen molar-refractivity contribution in [2.45, 2.75) is 19.8 Å². The van der Waals surface area contributed by atoms with Gasteiger partial charge in [-0.25, -0.2) is 0 Å². The van der Waals surface area contributed by atoms with Crippen LogP contribution in [0.4, 0.5) is 5.69 Å². The van der Waals surface area contributed by atoms with Crippen LogP contribution in [0.1, 0.15) is 30.1 Å². The highest BCUT2D eigenvalue weighted by molar-refractivity contribution is 6.04. The number of amides is 2. The van der Waals surface area contributed by atoms with E-state index in [4.69, 9.17) is 0 Å². The number of carbonyl (C=O) groups is 2. The average Bonchev–Trinajstić information content (AvgIpc) is 2.97. The first-order valence-electron chi connectivity index (χ1n) is 7.33. The maximum Gasteiger partial charge on any atom is 0.255 e. The number of hydrogen-bond donors (Lipinski definition) is 2. The monoisotopic (exact) mass is 289 g/mol. The summed E-state index contributed by atoms with van der Waals surface area (Å²) in [5.74, 6) is -0.116. The summed E-state index contributed by atoms with van der Waals surface area (Å²) in [6, 6.07) is 7.15. The maximum absolute atomic E-state index is 12.6. The van der Waals surface area contributed by atoms with Crippen LogP contribution >= 0.6 is 0 Å². The number of hydrogen-bond acceptors (Lipinski definition) is 3. The number of benzene rings is 1. The SMILES string of the molecule is CCC1(C(=O)Nc2ccccc2C(=O)N(C)C)CCNC1. The van der Waals surface area contributed by atoms with Crippen molar-refractivity contribution in [1.82, 2.24) is 10.2 Å². The Hall–Kier alpha value is -1.88. The van der Waals surface area contributed by atoms with Gasteiger partial charge in [0.1, 0.15) is 0 Å². The Morgan fingerprint density at radius 3 is 2.62 bits per heavy atom. The largest absolute Gasteiger partial charge is 0.345 e. The molecule has 0 radical (unpaired) electrons. The number of anilines is 1. The van der Waals surface area contributed by atoms with Crippen LogP contribution in [0.2, 0.25) is 0 Å². The smallest absolute Gasteiger partial charge is 0.255 e. The molecule has 1 atom stereocenters. The summed E-state index contributed by atoms with van der Waals surface area (Å²) in [6.07, 6.45) is 1.62. The third kappa shape index (κ3) is 3.08. The molecule has 1 aromatic carbocycles. The van der Waals surface area contributed by atoms with E-state index in [2.05, 4.69) is 10.6 Å². The fraction of sp³-hybridized carbons (Fsp3) is 0.500. The summed E-state index contributed by atoms with van der Waals surface area (Å²) in [5, 5.41) is 6.20. The number of nitrogens with one attached hydrogen (secondary N) is 2. The first kappa shape index (κ1) is 15.5. The zero-order valence-corrected chi connectivity index (χ0v) is 12.9. The lowest BCUT2D eigenvalue weighted by molar-refractivity contribution is -0.124. The van der Waals surface area contributed by atoms with E-state index in [1.807, 2.05) is 13.0 Å². The Bertz CT molecular complexity index is 534. The number of rotatable bonds is 4. The molecule has 1 saturated heterocycles. The number of nitrogens with zero attached hydrogens (tertiary/aromatic N) is 1. The van der Waals surface area contributed by atoms with E-state index in [9.17, 15) is 9.59 Å². The topological polar surface area (TPSA) is 61.4 Å². The lowest BCUT2D eigenvalue weighted by atomic mass is 9.83. The summed E-state index contributed by atoms with van der Waals surface area (Å²) < 4.78 is 0. The van der Waals surface area contributed by atoms with Crippen molar-refractivity contribution in [1.29, 1.82) is 0 Å². The Morgan fingerprint density at radius 1 is 1.33 bits per heavy atom. The molecule has 0 aliphatic carbocycles. The molecule has 0 bridgehead atoms. The second-order valence-corrected chi connectivity index (χ2v) is 5.76. The molecule has 21 heavy (non-hydrogen) atoms. The van der Waals surface area contributed by atoms with E-state index in [-0.39, 0.29) is 17.2 Å². The van der Waals surface area contributed by atoms with E-state index < -0.39 is 0 Å². The van der Waals surface area contributed by atoms with E-state index in [1.165, 1.54) is 4.90 Å². The van der Waals surface area contributed by atoms with Crippen molar-refractivity contribution in [2.24, 2.45) is 5.41 Å². The minimum atomic E-state index is -0.367. The van der Waals surface area contributed by atoms with Gasteiger partial charge in [-0.15, -0.1) is 0 Å². The van der Waals surface area contributed by atoms with Gasteiger partial charge in [-0.3, -0.25) is 9.59 Å². The van der Waals surface area contributed by atoms with Crippen LogP contribution < -0.4 is 10.6 Å². The van der Waals surface area contributed by atoms with Crippen molar-refractivity contribution in [2.75, 3.05) is 32.5 Å². The predicted octanol–water partition coefficient (Wildman–Crippen LogP) is 1.72. The highest BCUT2D eigenvalue weighted by Gasteiger charge is 2.39. The fourth-order valence-corrected chi connectivity index (χ4v) is 2.67. The first-order chi connectivity index (χ1) is 10.00. The summed E-state index contributed by atoms with van der Waals surface area (Å²) in [6.45, 7) is 3.59. The Balaban J connectivity index is 2.24. The lowest BCUT2D eigenvalue weighted by Gasteiger charge is -2.26. The quantitative estimate of drug-likeness (QED) is 0.887. The second-order valence-electron chi connectivity index (χ2n) is 5.76. The summed E-state index contributed by atoms with van der Waals surface area (Å²) in [4.78, 5) is 26.3. The van der Waals surface area contributed by atoms with E-state index in [0.29, 0.717) is 17.8 Å². The minimum absolute atomic E-state index is 0.00555. The summed E-state index contributed by atoms with van der Waals surface area (Å²) in [7, 11) is 3.41. The molecule has 2 rings (SSSR count). The van der Waals surface area contributed by atoms with E-state index in [0.717, 1.165) is 19.4 Å². The van der Waals surface area contributed by atoms with Crippen LogP contribution in [0.5, 0.6) is 0 Å². The molecule has 5 nitrogen and oxygen atoms in total. The molecule has 114 valence electrons. The molecule has 2 amide bonds. The third-order valence-electron chi connectivity index (χ3n) is 4.21. The molecule has 1 aliphatic rings. The van der Waals surface area contributed by atoms with Crippen LogP contribution in [-0.4, -0.2) is 43.9 Å². The Kier molecular flexibility index (Phi) is 4.63. The van der Waals surface area contributed by atoms with Gasteiger partial charge in [0.2, 0.25) is 5.91 Å². The van der Waals surface area contributed by atoms with Gasteiger partial charge in [0.05, 0.1) is 16.7 Å². The summed E-state index contributed by atoms with van der Waals surface area (Å²) >= 11 is 0. The van der Waals surface area contributed by atoms with Crippen LogP contribution in [0.15, 0.2) is 24.3 Å². The highest BCUT2D eigenvalue weighted by atomic mass is 16.2. The van der Waals surface area contributed by atoms with Gasteiger partial charge in [0.15, 0.2) is 0 Å². The van der Waals surface area contributed by atoms with E-state index in [1.54, 1.807) is 32.3 Å². The van der Waals surface area contributed by atoms with Crippen LogP contribution in [0.3, 0.4) is 0 Å².